The minimum absolute atomic E-state index is 0.781. The van der Waals surface area contributed by atoms with E-state index in [1.807, 2.05) is 0 Å². The Kier molecular flexibility index (Phi) is 4.79. The van der Waals surface area contributed by atoms with Gasteiger partial charge >= 0.3 is 0 Å². The predicted octanol–water partition coefficient (Wildman–Crippen LogP) is 3.15. The van der Waals surface area contributed by atoms with Crippen LogP contribution in [-0.4, -0.2) is 23.1 Å². The monoisotopic (exact) mass is 248 g/mol. The van der Waals surface area contributed by atoms with Crippen LogP contribution in [0.4, 0.5) is 11.6 Å². The summed E-state index contributed by atoms with van der Waals surface area (Å²) in [5.74, 6) is 3.34. The van der Waals surface area contributed by atoms with Gasteiger partial charge in [0, 0.05) is 13.1 Å². The number of rotatable bonds is 5. The van der Waals surface area contributed by atoms with E-state index in [1.54, 1.807) is 12.4 Å². The van der Waals surface area contributed by atoms with Gasteiger partial charge in [0.25, 0.3) is 0 Å². The van der Waals surface area contributed by atoms with E-state index in [2.05, 4.69) is 34.4 Å². The predicted molar refractivity (Wildman–Crippen MR) is 75.8 cm³/mol. The molecule has 1 fully saturated rings. The van der Waals surface area contributed by atoms with Crippen molar-refractivity contribution in [2.45, 2.75) is 39.5 Å². The van der Waals surface area contributed by atoms with Crippen LogP contribution in [-0.2, 0) is 0 Å². The molecule has 2 unspecified atom stereocenters. The summed E-state index contributed by atoms with van der Waals surface area (Å²) in [6, 6.07) is 0. The van der Waals surface area contributed by atoms with Gasteiger partial charge < -0.3 is 10.6 Å². The highest BCUT2D eigenvalue weighted by Crippen LogP contribution is 2.29. The third-order valence-corrected chi connectivity index (χ3v) is 3.83. The van der Waals surface area contributed by atoms with Crippen LogP contribution in [0.25, 0.3) is 0 Å². The van der Waals surface area contributed by atoms with Crippen molar-refractivity contribution in [2.75, 3.05) is 23.7 Å². The summed E-state index contributed by atoms with van der Waals surface area (Å²) in [5, 5.41) is 6.61. The van der Waals surface area contributed by atoms with E-state index in [0.29, 0.717) is 0 Å². The van der Waals surface area contributed by atoms with E-state index in [-0.39, 0.29) is 0 Å². The Hall–Kier alpha value is -1.32. The molecule has 2 atom stereocenters. The maximum atomic E-state index is 4.49. The minimum atomic E-state index is 0.781. The molecule has 1 aliphatic rings. The number of aromatic nitrogens is 2. The molecular weight excluding hydrogens is 224 g/mol. The van der Waals surface area contributed by atoms with Gasteiger partial charge in [0.15, 0.2) is 0 Å². The Bertz CT molecular complexity index is 367. The second-order valence-electron chi connectivity index (χ2n) is 5.22. The van der Waals surface area contributed by atoms with Gasteiger partial charge in [-0.05, 0) is 25.2 Å². The lowest BCUT2D eigenvalue weighted by Gasteiger charge is -2.28. The average Bonchev–Trinajstić information content (AvgIpc) is 2.39. The molecule has 1 aromatic heterocycles. The normalized spacial score (nSPS) is 23.7. The van der Waals surface area contributed by atoms with Crippen molar-refractivity contribution in [3.8, 4) is 0 Å². The molecule has 0 radical (unpaired) electrons. The summed E-state index contributed by atoms with van der Waals surface area (Å²) in [5.41, 5.74) is 0. The van der Waals surface area contributed by atoms with Gasteiger partial charge in [-0.25, -0.2) is 4.98 Å². The largest absolute Gasteiger partial charge is 0.369 e. The standard InChI is InChI=1S/C14H24N4/c1-3-16-13-9-15-10-14(18-13)17-8-12-7-5-4-6-11(12)2/h9-12H,3-8H2,1-2H3,(H2,16,17,18). The second kappa shape index (κ2) is 6.57. The molecule has 0 aromatic carbocycles. The Morgan fingerprint density at radius 1 is 1.17 bits per heavy atom. The molecular formula is C14H24N4. The molecule has 2 rings (SSSR count). The molecule has 1 aromatic rings. The number of nitrogens with one attached hydrogen (secondary N) is 2. The van der Waals surface area contributed by atoms with E-state index in [9.17, 15) is 0 Å². The number of hydrogen-bond donors (Lipinski definition) is 2. The van der Waals surface area contributed by atoms with Crippen molar-refractivity contribution in [1.29, 1.82) is 0 Å². The fraction of sp³-hybridized carbons (Fsp3) is 0.714. The third kappa shape index (κ3) is 3.59. The van der Waals surface area contributed by atoms with Crippen LogP contribution < -0.4 is 10.6 Å². The van der Waals surface area contributed by atoms with Crippen molar-refractivity contribution in [2.24, 2.45) is 11.8 Å². The highest BCUT2D eigenvalue weighted by atomic mass is 15.1. The molecule has 0 spiro atoms. The first-order valence-electron chi connectivity index (χ1n) is 7.09. The van der Waals surface area contributed by atoms with Crippen molar-refractivity contribution in [3.05, 3.63) is 12.4 Å². The highest BCUT2D eigenvalue weighted by molar-refractivity contribution is 5.41. The Morgan fingerprint density at radius 3 is 2.61 bits per heavy atom. The van der Waals surface area contributed by atoms with Crippen molar-refractivity contribution < 1.29 is 0 Å². The van der Waals surface area contributed by atoms with Crippen molar-refractivity contribution >= 4 is 11.6 Å². The van der Waals surface area contributed by atoms with Crippen LogP contribution in [0.15, 0.2) is 12.4 Å². The molecule has 1 saturated carbocycles. The zero-order valence-corrected chi connectivity index (χ0v) is 11.4. The summed E-state index contributed by atoms with van der Waals surface area (Å²) in [6.07, 6.45) is 9.05. The van der Waals surface area contributed by atoms with Crippen LogP contribution in [0.5, 0.6) is 0 Å². The number of hydrogen-bond acceptors (Lipinski definition) is 4. The molecule has 100 valence electrons. The molecule has 18 heavy (non-hydrogen) atoms. The third-order valence-electron chi connectivity index (χ3n) is 3.83. The highest BCUT2D eigenvalue weighted by Gasteiger charge is 2.20. The molecule has 4 heteroatoms. The topological polar surface area (TPSA) is 49.8 Å². The van der Waals surface area contributed by atoms with Crippen molar-refractivity contribution in [3.63, 3.8) is 0 Å². The smallest absolute Gasteiger partial charge is 0.146 e. The molecule has 0 saturated heterocycles. The van der Waals surface area contributed by atoms with Crippen LogP contribution in [0, 0.1) is 11.8 Å². The fourth-order valence-electron chi connectivity index (χ4n) is 2.65. The van der Waals surface area contributed by atoms with Gasteiger partial charge in [0.05, 0.1) is 12.4 Å². The lowest BCUT2D eigenvalue weighted by molar-refractivity contribution is 0.268. The zero-order valence-electron chi connectivity index (χ0n) is 11.4. The second-order valence-corrected chi connectivity index (χ2v) is 5.22. The quantitative estimate of drug-likeness (QED) is 0.840. The number of anilines is 2. The first-order chi connectivity index (χ1) is 8.79. The molecule has 4 nitrogen and oxygen atoms in total. The molecule has 0 amide bonds. The first-order valence-corrected chi connectivity index (χ1v) is 7.09. The van der Waals surface area contributed by atoms with Gasteiger partial charge in [0.1, 0.15) is 11.6 Å². The number of nitrogens with zero attached hydrogens (tertiary/aromatic N) is 2. The van der Waals surface area contributed by atoms with Gasteiger partial charge in [-0.15, -0.1) is 0 Å². The van der Waals surface area contributed by atoms with E-state index < -0.39 is 0 Å². The summed E-state index contributed by atoms with van der Waals surface area (Å²) < 4.78 is 0. The minimum Gasteiger partial charge on any atom is -0.369 e. The van der Waals surface area contributed by atoms with Crippen molar-refractivity contribution in [1.82, 2.24) is 9.97 Å². The van der Waals surface area contributed by atoms with Crippen LogP contribution in [0.2, 0.25) is 0 Å². The molecule has 0 bridgehead atoms. The Labute approximate surface area is 110 Å². The first kappa shape index (κ1) is 13.1. The van der Waals surface area contributed by atoms with E-state index >= 15 is 0 Å². The zero-order chi connectivity index (χ0) is 12.8. The van der Waals surface area contributed by atoms with E-state index in [4.69, 9.17) is 0 Å². The van der Waals surface area contributed by atoms with E-state index in [0.717, 1.165) is 36.6 Å². The molecule has 1 heterocycles. The molecule has 1 aliphatic carbocycles. The van der Waals surface area contributed by atoms with Gasteiger partial charge in [-0.2, -0.15) is 0 Å². The van der Waals surface area contributed by atoms with Crippen LogP contribution in [0.1, 0.15) is 39.5 Å². The Morgan fingerprint density at radius 2 is 1.89 bits per heavy atom. The maximum absolute atomic E-state index is 4.49. The van der Waals surface area contributed by atoms with Gasteiger partial charge in [-0.1, -0.05) is 26.2 Å². The molecule has 2 N–H and O–H groups in total. The summed E-state index contributed by atoms with van der Waals surface area (Å²) in [4.78, 5) is 8.69. The average molecular weight is 248 g/mol. The lowest BCUT2D eigenvalue weighted by atomic mass is 9.80. The summed E-state index contributed by atoms with van der Waals surface area (Å²) >= 11 is 0. The van der Waals surface area contributed by atoms with Gasteiger partial charge in [-0.3, -0.25) is 4.98 Å². The fourth-order valence-corrected chi connectivity index (χ4v) is 2.65. The molecule has 0 aliphatic heterocycles. The summed E-state index contributed by atoms with van der Waals surface area (Å²) in [6.45, 7) is 6.32. The maximum Gasteiger partial charge on any atom is 0.146 e. The Balaban J connectivity index is 1.87. The van der Waals surface area contributed by atoms with E-state index in [1.165, 1.54) is 25.7 Å². The lowest BCUT2D eigenvalue weighted by Crippen LogP contribution is -2.24. The SMILES string of the molecule is CCNc1cncc(NCC2CCCCC2C)n1. The summed E-state index contributed by atoms with van der Waals surface area (Å²) in [7, 11) is 0. The van der Waals surface area contributed by atoms with Crippen LogP contribution in [0.3, 0.4) is 0 Å². The van der Waals surface area contributed by atoms with Gasteiger partial charge in [0.2, 0.25) is 0 Å². The van der Waals surface area contributed by atoms with Crippen LogP contribution >= 0.6 is 0 Å².